The number of aliphatic carboxylic acids is 1. The Balaban J connectivity index is 2.10. The Morgan fingerprint density at radius 2 is 1.85 bits per heavy atom. The quantitative estimate of drug-likeness (QED) is 0.766. The number of carboxylic acids is 1. The van der Waals surface area contributed by atoms with Crippen LogP contribution in [0, 0.1) is 0 Å². The summed E-state index contributed by atoms with van der Waals surface area (Å²) in [5.74, 6) is -0.839. The summed E-state index contributed by atoms with van der Waals surface area (Å²) in [6.07, 6.45) is 0. The minimum Gasteiger partial charge on any atom is -0.477 e. The highest BCUT2D eigenvalue weighted by molar-refractivity contribution is 8.33. The van der Waals surface area contributed by atoms with Crippen LogP contribution in [0.3, 0.4) is 0 Å². The molecule has 0 saturated heterocycles. The second kappa shape index (κ2) is 4.08. The number of hydrogen-bond acceptors (Lipinski definition) is 5. The van der Waals surface area contributed by atoms with Crippen molar-refractivity contribution in [3.05, 3.63) is 29.6 Å². The summed E-state index contributed by atoms with van der Waals surface area (Å²) >= 11 is 6.13. The zero-order valence-corrected chi connectivity index (χ0v) is 9.49. The van der Waals surface area contributed by atoms with E-state index >= 15 is 0 Å². The summed E-state index contributed by atoms with van der Waals surface area (Å²) in [4.78, 5) is 11.0. The molecule has 2 heterocycles. The maximum atomic E-state index is 10.6. The van der Waals surface area contributed by atoms with Crippen molar-refractivity contribution in [1.82, 2.24) is 0 Å². The number of carboxylic acid groups (broad SMARTS) is 1. The Morgan fingerprint density at radius 1 is 1.15 bits per heavy atom. The van der Waals surface area contributed by atoms with Gasteiger partial charge >= 0.3 is 5.97 Å². The van der Waals surface area contributed by atoms with Gasteiger partial charge in [0.2, 0.25) is 0 Å². The highest BCUT2D eigenvalue weighted by Gasteiger charge is 2.22. The lowest BCUT2D eigenvalue weighted by atomic mass is 10.7. The van der Waals surface area contributed by atoms with Crippen molar-refractivity contribution in [2.75, 3.05) is 0 Å². The first-order chi connectivity index (χ1) is 6.27. The molecule has 0 saturated carbocycles. The smallest absolute Gasteiger partial charge is 0.343 e. The SMILES string of the molecule is O=C(O)C1=CSC(=C2SC=CS2)S1. The maximum absolute atomic E-state index is 10.6. The van der Waals surface area contributed by atoms with E-state index in [1.807, 2.05) is 10.8 Å². The van der Waals surface area contributed by atoms with Gasteiger partial charge in [0.25, 0.3) is 0 Å². The summed E-state index contributed by atoms with van der Waals surface area (Å²) < 4.78 is 2.26. The van der Waals surface area contributed by atoms with Gasteiger partial charge in [-0.05, 0) is 16.2 Å². The second-order valence-corrected chi connectivity index (χ2v) is 6.37. The summed E-state index contributed by atoms with van der Waals surface area (Å²) in [6.45, 7) is 0. The largest absolute Gasteiger partial charge is 0.477 e. The van der Waals surface area contributed by atoms with Crippen LogP contribution in [-0.2, 0) is 4.79 Å². The van der Waals surface area contributed by atoms with E-state index in [2.05, 4.69) is 0 Å². The molecule has 0 aliphatic carbocycles. The third-order valence-corrected chi connectivity index (χ3v) is 6.27. The standard InChI is InChI=1S/C7H4O2S4/c8-5(9)4-3-12-7(13-4)6-10-1-2-11-6/h1-3H,(H,8,9). The summed E-state index contributed by atoms with van der Waals surface area (Å²) in [5.41, 5.74) is 0. The molecule has 0 aromatic carbocycles. The molecule has 6 heteroatoms. The summed E-state index contributed by atoms with van der Waals surface area (Å²) in [6, 6.07) is 0. The van der Waals surface area contributed by atoms with Crippen LogP contribution in [0.4, 0.5) is 0 Å². The Bertz CT molecular complexity index is 332. The number of carbonyl (C=O) groups is 1. The van der Waals surface area contributed by atoms with Gasteiger partial charge in [-0.2, -0.15) is 0 Å². The third-order valence-electron chi connectivity index (χ3n) is 1.26. The third kappa shape index (κ3) is 2.12. The molecule has 2 nitrogen and oxygen atoms in total. The van der Waals surface area contributed by atoms with Crippen LogP contribution in [0.15, 0.2) is 29.6 Å². The Hall–Kier alpha value is 0.0900. The van der Waals surface area contributed by atoms with Crippen molar-refractivity contribution in [3.8, 4) is 0 Å². The predicted molar refractivity (Wildman–Crippen MR) is 62.2 cm³/mol. The molecule has 1 N–H and O–H groups in total. The molecule has 2 aliphatic rings. The van der Waals surface area contributed by atoms with Crippen LogP contribution < -0.4 is 0 Å². The normalized spacial score (nSPS) is 21.1. The minimum atomic E-state index is -0.839. The molecule has 0 radical (unpaired) electrons. The highest BCUT2D eigenvalue weighted by atomic mass is 32.2. The van der Waals surface area contributed by atoms with Gasteiger partial charge in [0.05, 0.1) is 8.47 Å². The van der Waals surface area contributed by atoms with E-state index in [9.17, 15) is 4.79 Å². The lowest BCUT2D eigenvalue weighted by molar-refractivity contribution is -0.131. The first-order valence-electron chi connectivity index (χ1n) is 3.28. The average Bonchev–Trinajstić information content (AvgIpc) is 2.75. The summed E-state index contributed by atoms with van der Waals surface area (Å²) in [7, 11) is 0. The second-order valence-electron chi connectivity index (χ2n) is 2.09. The first-order valence-corrected chi connectivity index (χ1v) is 6.73. The minimum absolute atomic E-state index is 0.417. The molecule has 0 aromatic heterocycles. The molecule has 0 aromatic rings. The van der Waals surface area contributed by atoms with Crippen molar-refractivity contribution in [3.63, 3.8) is 0 Å². The van der Waals surface area contributed by atoms with Crippen molar-refractivity contribution in [2.45, 2.75) is 0 Å². The number of rotatable bonds is 1. The van der Waals surface area contributed by atoms with E-state index in [0.29, 0.717) is 4.91 Å². The van der Waals surface area contributed by atoms with Crippen LogP contribution in [0.2, 0.25) is 0 Å². The molecule has 13 heavy (non-hydrogen) atoms. The van der Waals surface area contributed by atoms with E-state index in [1.165, 1.54) is 27.8 Å². The molecular weight excluding hydrogens is 244 g/mol. The molecular formula is C7H4O2S4. The van der Waals surface area contributed by atoms with Gasteiger partial charge in [-0.15, -0.1) is 0 Å². The molecule has 0 fully saturated rings. The molecule has 0 amide bonds. The van der Waals surface area contributed by atoms with Gasteiger partial charge in [0.1, 0.15) is 4.91 Å². The van der Waals surface area contributed by atoms with Crippen LogP contribution in [0.25, 0.3) is 0 Å². The zero-order valence-electron chi connectivity index (χ0n) is 6.22. The Kier molecular flexibility index (Phi) is 3.02. The molecule has 0 bridgehead atoms. The fourth-order valence-electron chi connectivity index (χ4n) is 0.742. The Labute approximate surface area is 92.3 Å². The van der Waals surface area contributed by atoms with Crippen molar-refractivity contribution in [2.24, 2.45) is 0 Å². The van der Waals surface area contributed by atoms with E-state index in [4.69, 9.17) is 5.11 Å². The van der Waals surface area contributed by atoms with Gasteiger partial charge in [-0.3, -0.25) is 0 Å². The van der Waals surface area contributed by atoms with Crippen LogP contribution >= 0.6 is 47.0 Å². The van der Waals surface area contributed by atoms with Gasteiger partial charge < -0.3 is 5.11 Å². The van der Waals surface area contributed by atoms with Gasteiger partial charge in [0.15, 0.2) is 0 Å². The van der Waals surface area contributed by atoms with E-state index < -0.39 is 5.97 Å². The topological polar surface area (TPSA) is 37.3 Å². The van der Waals surface area contributed by atoms with E-state index in [0.717, 1.165) is 4.24 Å². The molecule has 0 atom stereocenters. The van der Waals surface area contributed by atoms with Gasteiger partial charge in [-0.25, -0.2) is 4.79 Å². The predicted octanol–water partition coefficient (Wildman–Crippen LogP) is 3.47. The van der Waals surface area contributed by atoms with E-state index in [-0.39, 0.29) is 0 Å². The van der Waals surface area contributed by atoms with E-state index in [1.54, 1.807) is 28.9 Å². The van der Waals surface area contributed by atoms with Gasteiger partial charge in [0, 0.05) is 0 Å². The van der Waals surface area contributed by atoms with Crippen LogP contribution in [0.5, 0.6) is 0 Å². The molecule has 0 unspecified atom stereocenters. The number of thioether (sulfide) groups is 4. The molecule has 0 spiro atoms. The van der Waals surface area contributed by atoms with Crippen LogP contribution in [-0.4, -0.2) is 11.1 Å². The highest BCUT2D eigenvalue weighted by Crippen LogP contribution is 2.52. The fraction of sp³-hybridized carbons (Fsp3) is 0. The Morgan fingerprint density at radius 3 is 2.38 bits per heavy atom. The fourth-order valence-corrected chi connectivity index (χ4v) is 5.02. The van der Waals surface area contributed by atoms with Crippen molar-refractivity contribution >= 4 is 53.0 Å². The van der Waals surface area contributed by atoms with Gasteiger partial charge in [-0.1, -0.05) is 47.0 Å². The lowest BCUT2D eigenvalue weighted by Crippen LogP contribution is -1.92. The van der Waals surface area contributed by atoms with Crippen molar-refractivity contribution in [1.29, 1.82) is 0 Å². The zero-order chi connectivity index (χ0) is 9.26. The summed E-state index contributed by atoms with van der Waals surface area (Å²) in [5, 5.41) is 14.4. The molecule has 2 rings (SSSR count). The first kappa shape index (κ1) is 9.64. The lowest BCUT2D eigenvalue weighted by Gasteiger charge is -1.98. The maximum Gasteiger partial charge on any atom is 0.343 e. The molecule has 68 valence electrons. The molecule has 2 aliphatic heterocycles. The average molecular weight is 248 g/mol. The van der Waals surface area contributed by atoms with Crippen molar-refractivity contribution < 1.29 is 9.90 Å². The monoisotopic (exact) mass is 248 g/mol. The van der Waals surface area contributed by atoms with Crippen LogP contribution in [0.1, 0.15) is 0 Å². The number of hydrogen-bond donors (Lipinski definition) is 1.